The van der Waals surface area contributed by atoms with E-state index in [0.717, 1.165) is 12.2 Å². The van der Waals surface area contributed by atoms with E-state index in [-0.39, 0.29) is 24.6 Å². The Morgan fingerprint density at radius 1 is 1.15 bits per heavy atom. The van der Waals surface area contributed by atoms with Crippen LogP contribution in [-0.2, 0) is 19.1 Å². The van der Waals surface area contributed by atoms with Crippen LogP contribution in [0.2, 0.25) is 0 Å². The Morgan fingerprint density at radius 3 is 2.25 bits per heavy atom. The first-order valence-electron chi connectivity index (χ1n) is 6.37. The van der Waals surface area contributed by atoms with E-state index in [1.54, 1.807) is 0 Å². The normalized spacial score (nSPS) is 12.1. The third-order valence-corrected chi connectivity index (χ3v) is 2.42. The summed E-state index contributed by atoms with van der Waals surface area (Å²) in [5.41, 5.74) is 0. The highest BCUT2D eigenvalue weighted by Crippen LogP contribution is 2.02. The molecule has 0 aromatic heterocycles. The van der Waals surface area contributed by atoms with E-state index >= 15 is 0 Å². The van der Waals surface area contributed by atoms with Crippen LogP contribution in [0, 0.1) is 5.92 Å². The summed E-state index contributed by atoms with van der Waals surface area (Å²) >= 11 is 0. The van der Waals surface area contributed by atoms with E-state index in [4.69, 9.17) is 4.74 Å². The molecule has 0 fully saturated rings. The number of urea groups is 1. The standard InChI is InChI=1S/C13H22N2O5/c1-5-14-13(18)15-10(9(2)3)8-20-12(17)7-6-11(16)19-4/h6-7,9-10H,5,8H2,1-4H3,(H2,14,15,18)/b7-6+/t10-/m1/s1. The number of rotatable bonds is 7. The van der Waals surface area contributed by atoms with Gasteiger partial charge in [0.2, 0.25) is 0 Å². The van der Waals surface area contributed by atoms with Crippen molar-refractivity contribution in [3.63, 3.8) is 0 Å². The number of esters is 2. The number of methoxy groups -OCH3 is 1. The second-order valence-electron chi connectivity index (χ2n) is 4.34. The Kier molecular flexibility index (Phi) is 8.82. The number of carbonyl (C=O) groups is 3. The fourth-order valence-corrected chi connectivity index (χ4v) is 1.20. The molecule has 20 heavy (non-hydrogen) atoms. The minimum Gasteiger partial charge on any atom is -0.466 e. The van der Waals surface area contributed by atoms with Gasteiger partial charge in [0, 0.05) is 18.7 Å². The monoisotopic (exact) mass is 286 g/mol. The van der Waals surface area contributed by atoms with Gasteiger partial charge in [0.15, 0.2) is 0 Å². The lowest BCUT2D eigenvalue weighted by Crippen LogP contribution is -2.47. The van der Waals surface area contributed by atoms with E-state index in [1.165, 1.54) is 7.11 Å². The molecule has 0 bridgehead atoms. The molecular weight excluding hydrogens is 264 g/mol. The van der Waals surface area contributed by atoms with Crippen molar-refractivity contribution in [2.75, 3.05) is 20.3 Å². The fourth-order valence-electron chi connectivity index (χ4n) is 1.20. The van der Waals surface area contributed by atoms with Gasteiger partial charge in [0.25, 0.3) is 0 Å². The average Bonchev–Trinajstić information content (AvgIpc) is 2.40. The second kappa shape index (κ2) is 9.82. The molecule has 7 heteroatoms. The first kappa shape index (κ1) is 17.9. The third-order valence-electron chi connectivity index (χ3n) is 2.42. The molecular formula is C13H22N2O5. The largest absolute Gasteiger partial charge is 0.466 e. The van der Waals surface area contributed by atoms with Gasteiger partial charge >= 0.3 is 18.0 Å². The molecule has 0 aliphatic heterocycles. The van der Waals surface area contributed by atoms with Crippen molar-refractivity contribution < 1.29 is 23.9 Å². The van der Waals surface area contributed by atoms with E-state index in [2.05, 4.69) is 15.4 Å². The van der Waals surface area contributed by atoms with Crippen molar-refractivity contribution in [1.29, 1.82) is 0 Å². The lowest BCUT2D eigenvalue weighted by atomic mass is 10.1. The highest BCUT2D eigenvalue weighted by Gasteiger charge is 2.17. The van der Waals surface area contributed by atoms with Gasteiger partial charge in [-0.05, 0) is 12.8 Å². The zero-order chi connectivity index (χ0) is 15.5. The van der Waals surface area contributed by atoms with Crippen molar-refractivity contribution in [3.05, 3.63) is 12.2 Å². The van der Waals surface area contributed by atoms with Crippen LogP contribution in [0.3, 0.4) is 0 Å². The molecule has 0 rings (SSSR count). The van der Waals surface area contributed by atoms with Crippen molar-refractivity contribution in [2.45, 2.75) is 26.8 Å². The van der Waals surface area contributed by atoms with Crippen molar-refractivity contribution in [1.82, 2.24) is 10.6 Å². The predicted octanol–water partition coefficient (Wildman–Crippen LogP) is 0.602. The van der Waals surface area contributed by atoms with Crippen molar-refractivity contribution >= 4 is 18.0 Å². The molecule has 0 saturated carbocycles. The van der Waals surface area contributed by atoms with Gasteiger partial charge in [0.05, 0.1) is 13.2 Å². The molecule has 0 aromatic rings. The lowest BCUT2D eigenvalue weighted by Gasteiger charge is -2.21. The zero-order valence-electron chi connectivity index (χ0n) is 12.3. The minimum absolute atomic E-state index is 0.0269. The Morgan fingerprint density at radius 2 is 1.75 bits per heavy atom. The molecule has 7 nitrogen and oxygen atoms in total. The summed E-state index contributed by atoms with van der Waals surface area (Å²) in [4.78, 5) is 33.6. The quantitative estimate of drug-likeness (QED) is 0.528. The maximum absolute atomic E-state index is 11.4. The van der Waals surface area contributed by atoms with Crippen LogP contribution in [0.15, 0.2) is 12.2 Å². The summed E-state index contributed by atoms with van der Waals surface area (Å²) in [7, 11) is 1.21. The molecule has 0 aromatic carbocycles. The molecule has 0 aliphatic rings. The summed E-state index contributed by atoms with van der Waals surface area (Å²) in [5, 5.41) is 5.31. The van der Waals surface area contributed by atoms with Gasteiger partial charge in [-0.2, -0.15) is 0 Å². The fraction of sp³-hybridized carbons (Fsp3) is 0.615. The van der Waals surface area contributed by atoms with Gasteiger partial charge in [-0.3, -0.25) is 0 Å². The number of nitrogens with one attached hydrogen (secondary N) is 2. The number of hydrogen-bond donors (Lipinski definition) is 2. The molecule has 0 heterocycles. The van der Waals surface area contributed by atoms with Crippen molar-refractivity contribution in [2.24, 2.45) is 5.92 Å². The number of hydrogen-bond acceptors (Lipinski definition) is 5. The average molecular weight is 286 g/mol. The highest BCUT2D eigenvalue weighted by molar-refractivity contribution is 5.91. The van der Waals surface area contributed by atoms with Gasteiger partial charge in [-0.25, -0.2) is 14.4 Å². The molecule has 0 unspecified atom stereocenters. The number of carbonyl (C=O) groups excluding carboxylic acids is 3. The Bertz CT molecular complexity index is 366. The number of ether oxygens (including phenoxy) is 2. The lowest BCUT2D eigenvalue weighted by molar-refractivity contribution is -0.140. The summed E-state index contributed by atoms with van der Waals surface area (Å²) < 4.78 is 9.31. The van der Waals surface area contributed by atoms with Gasteiger partial charge < -0.3 is 20.1 Å². The zero-order valence-corrected chi connectivity index (χ0v) is 12.3. The summed E-state index contributed by atoms with van der Waals surface area (Å²) in [6.45, 7) is 6.14. The summed E-state index contributed by atoms with van der Waals surface area (Å²) in [6, 6.07) is -0.621. The van der Waals surface area contributed by atoms with Crippen LogP contribution in [0.5, 0.6) is 0 Å². The van der Waals surface area contributed by atoms with Crippen molar-refractivity contribution in [3.8, 4) is 0 Å². The number of amides is 2. The third kappa shape index (κ3) is 8.12. The maximum Gasteiger partial charge on any atom is 0.331 e. The predicted molar refractivity (Wildman–Crippen MR) is 72.9 cm³/mol. The first-order valence-corrected chi connectivity index (χ1v) is 6.37. The molecule has 0 aliphatic carbocycles. The highest BCUT2D eigenvalue weighted by atomic mass is 16.5. The second-order valence-corrected chi connectivity index (χ2v) is 4.34. The molecule has 114 valence electrons. The molecule has 2 N–H and O–H groups in total. The molecule has 0 radical (unpaired) electrons. The van der Waals surface area contributed by atoms with Crippen LogP contribution < -0.4 is 10.6 Å². The molecule has 0 spiro atoms. The molecule has 1 atom stereocenters. The summed E-state index contributed by atoms with van der Waals surface area (Å²) in [5.74, 6) is -1.21. The van der Waals surface area contributed by atoms with Crippen LogP contribution in [-0.4, -0.2) is 44.3 Å². The Hall–Kier alpha value is -2.05. The molecule has 0 saturated heterocycles. The topological polar surface area (TPSA) is 93.7 Å². The first-order chi connectivity index (χ1) is 9.40. The van der Waals surface area contributed by atoms with Crippen LogP contribution in [0.1, 0.15) is 20.8 Å². The van der Waals surface area contributed by atoms with Gasteiger partial charge in [-0.15, -0.1) is 0 Å². The Balaban J connectivity index is 4.27. The SMILES string of the molecule is CCNC(=O)N[C@H](COC(=O)/C=C/C(=O)OC)C(C)C. The van der Waals surface area contributed by atoms with Gasteiger partial charge in [0.1, 0.15) is 6.61 Å². The van der Waals surface area contributed by atoms with Crippen LogP contribution in [0.4, 0.5) is 4.79 Å². The van der Waals surface area contributed by atoms with Gasteiger partial charge in [-0.1, -0.05) is 13.8 Å². The van der Waals surface area contributed by atoms with E-state index < -0.39 is 11.9 Å². The smallest absolute Gasteiger partial charge is 0.331 e. The van der Waals surface area contributed by atoms with Crippen LogP contribution in [0.25, 0.3) is 0 Å². The Labute approximate surface area is 118 Å². The molecule has 2 amide bonds. The minimum atomic E-state index is -0.668. The van der Waals surface area contributed by atoms with E-state index in [1.807, 2.05) is 20.8 Å². The van der Waals surface area contributed by atoms with Crippen LogP contribution >= 0.6 is 0 Å². The van der Waals surface area contributed by atoms with E-state index in [9.17, 15) is 14.4 Å². The summed E-state index contributed by atoms with van der Waals surface area (Å²) in [6.07, 6.45) is 1.96. The maximum atomic E-state index is 11.4. The van der Waals surface area contributed by atoms with E-state index in [0.29, 0.717) is 6.54 Å².